The third-order valence-electron chi connectivity index (χ3n) is 5.36. The van der Waals surface area contributed by atoms with Crippen LogP contribution in [0.3, 0.4) is 0 Å². The minimum atomic E-state index is 0.00698. The summed E-state index contributed by atoms with van der Waals surface area (Å²) >= 11 is 6.75. The summed E-state index contributed by atoms with van der Waals surface area (Å²) in [4.78, 5) is 15.0. The normalized spacial score (nSPS) is 14.5. The molecule has 0 aliphatic carbocycles. The van der Waals surface area contributed by atoms with Gasteiger partial charge in [0.2, 0.25) is 0 Å². The van der Waals surface area contributed by atoms with Crippen molar-refractivity contribution in [1.29, 1.82) is 0 Å². The standard InChI is InChI=1S/C23H25ClN2O2/c24-22-21(23(27)25-14-16-28-17-15-25)19-11-4-5-12-20(19)26(22)13-7-6-10-18-8-2-1-3-9-18/h1-5,8-9,11-12H,6-7,10,13-17H2. The Morgan fingerprint density at radius 3 is 2.46 bits per heavy atom. The molecule has 0 unspecified atom stereocenters. The molecule has 0 atom stereocenters. The van der Waals surface area contributed by atoms with Crippen molar-refractivity contribution in [2.75, 3.05) is 26.3 Å². The van der Waals surface area contributed by atoms with Gasteiger partial charge in [-0.1, -0.05) is 60.1 Å². The summed E-state index contributed by atoms with van der Waals surface area (Å²) in [6.45, 7) is 3.21. The van der Waals surface area contributed by atoms with Crippen LogP contribution in [0.2, 0.25) is 5.15 Å². The van der Waals surface area contributed by atoms with Gasteiger partial charge in [-0.25, -0.2) is 0 Å². The maximum atomic E-state index is 13.1. The average molecular weight is 397 g/mol. The predicted octanol–water partition coefficient (Wildman–Crippen LogP) is 4.79. The Labute approximate surface area is 170 Å². The first-order chi connectivity index (χ1) is 13.8. The highest BCUT2D eigenvalue weighted by atomic mass is 35.5. The van der Waals surface area contributed by atoms with Crippen LogP contribution >= 0.6 is 11.6 Å². The van der Waals surface area contributed by atoms with Crippen LogP contribution in [0.5, 0.6) is 0 Å². The number of morpholine rings is 1. The highest BCUT2D eigenvalue weighted by Gasteiger charge is 2.26. The molecule has 0 bridgehead atoms. The minimum absolute atomic E-state index is 0.00698. The maximum absolute atomic E-state index is 13.1. The van der Waals surface area contributed by atoms with Crippen LogP contribution in [-0.2, 0) is 17.7 Å². The summed E-state index contributed by atoms with van der Waals surface area (Å²) in [5.41, 5.74) is 3.01. The molecule has 2 heterocycles. The molecule has 28 heavy (non-hydrogen) atoms. The molecule has 0 radical (unpaired) electrons. The van der Waals surface area contributed by atoms with Gasteiger partial charge in [-0.05, 0) is 30.9 Å². The van der Waals surface area contributed by atoms with Crippen LogP contribution in [0.25, 0.3) is 10.9 Å². The van der Waals surface area contributed by atoms with Gasteiger partial charge in [0.05, 0.1) is 18.8 Å². The number of unbranched alkanes of at least 4 members (excludes halogenated alkanes) is 1. The van der Waals surface area contributed by atoms with Crippen LogP contribution < -0.4 is 0 Å². The Morgan fingerprint density at radius 1 is 0.964 bits per heavy atom. The molecule has 1 saturated heterocycles. The average Bonchev–Trinajstić information content (AvgIpc) is 3.03. The number of hydrogen-bond donors (Lipinski definition) is 0. The number of para-hydroxylation sites is 1. The second kappa shape index (κ2) is 8.80. The highest BCUT2D eigenvalue weighted by Crippen LogP contribution is 2.32. The van der Waals surface area contributed by atoms with Crippen LogP contribution in [-0.4, -0.2) is 41.7 Å². The fraction of sp³-hybridized carbons (Fsp3) is 0.348. The fourth-order valence-corrected chi connectivity index (χ4v) is 4.22. The zero-order chi connectivity index (χ0) is 19.3. The lowest BCUT2D eigenvalue weighted by atomic mass is 10.1. The number of amides is 1. The van der Waals surface area contributed by atoms with Crippen molar-refractivity contribution in [2.24, 2.45) is 0 Å². The highest BCUT2D eigenvalue weighted by molar-refractivity contribution is 6.35. The first kappa shape index (κ1) is 19.0. The van der Waals surface area contributed by atoms with E-state index in [1.54, 1.807) is 0 Å². The van der Waals surface area contributed by atoms with Gasteiger partial charge in [0.25, 0.3) is 5.91 Å². The van der Waals surface area contributed by atoms with Crippen molar-refractivity contribution in [3.8, 4) is 0 Å². The molecule has 5 heteroatoms. The van der Waals surface area contributed by atoms with Gasteiger partial charge in [-0.15, -0.1) is 0 Å². The van der Waals surface area contributed by atoms with Crippen LogP contribution in [0.15, 0.2) is 54.6 Å². The van der Waals surface area contributed by atoms with E-state index in [4.69, 9.17) is 16.3 Å². The van der Waals surface area contributed by atoms with Crippen molar-refractivity contribution in [2.45, 2.75) is 25.8 Å². The molecule has 3 aromatic rings. The van der Waals surface area contributed by atoms with Crippen LogP contribution in [0.1, 0.15) is 28.8 Å². The smallest absolute Gasteiger partial charge is 0.257 e. The molecule has 1 amide bonds. The lowest BCUT2D eigenvalue weighted by Gasteiger charge is -2.26. The number of halogens is 1. The molecule has 1 fully saturated rings. The number of benzene rings is 2. The van der Waals surface area contributed by atoms with E-state index >= 15 is 0 Å². The molecule has 1 aliphatic heterocycles. The Bertz CT molecular complexity index is 946. The molecule has 1 aliphatic rings. The Kier molecular flexibility index (Phi) is 5.98. The molecule has 0 spiro atoms. The predicted molar refractivity (Wildman–Crippen MR) is 113 cm³/mol. The Balaban J connectivity index is 1.53. The molecule has 146 valence electrons. The fourth-order valence-electron chi connectivity index (χ4n) is 3.86. The zero-order valence-electron chi connectivity index (χ0n) is 15.9. The van der Waals surface area contributed by atoms with Crippen molar-refractivity contribution in [3.63, 3.8) is 0 Å². The molecule has 4 nitrogen and oxygen atoms in total. The number of hydrogen-bond acceptors (Lipinski definition) is 2. The Hall–Kier alpha value is -2.30. The summed E-state index contributed by atoms with van der Waals surface area (Å²) in [5, 5.41) is 1.49. The zero-order valence-corrected chi connectivity index (χ0v) is 16.7. The minimum Gasteiger partial charge on any atom is -0.378 e. The first-order valence-corrected chi connectivity index (χ1v) is 10.3. The lowest BCUT2D eigenvalue weighted by molar-refractivity contribution is 0.0304. The van der Waals surface area contributed by atoms with E-state index in [-0.39, 0.29) is 5.91 Å². The number of carbonyl (C=O) groups excluding carboxylic acids is 1. The third kappa shape index (κ3) is 3.94. The number of fused-ring (bicyclic) bond motifs is 1. The molecule has 4 rings (SSSR count). The van der Waals surface area contributed by atoms with Gasteiger partial charge in [-0.2, -0.15) is 0 Å². The summed E-state index contributed by atoms with van der Waals surface area (Å²) in [6, 6.07) is 18.5. The lowest BCUT2D eigenvalue weighted by Crippen LogP contribution is -2.40. The molecular formula is C23H25ClN2O2. The number of carbonyl (C=O) groups is 1. The van der Waals surface area contributed by atoms with E-state index in [9.17, 15) is 4.79 Å². The number of aryl methyl sites for hydroxylation is 2. The number of nitrogens with zero attached hydrogens (tertiary/aromatic N) is 2. The van der Waals surface area contributed by atoms with Crippen molar-refractivity contribution < 1.29 is 9.53 Å². The van der Waals surface area contributed by atoms with Gasteiger partial charge in [0, 0.05) is 30.5 Å². The molecular weight excluding hydrogens is 372 g/mol. The van der Waals surface area contributed by atoms with E-state index in [0.717, 1.165) is 36.7 Å². The van der Waals surface area contributed by atoms with Crippen LogP contribution in [0, 0.1) is 0 Å². The van der Waals surface area contributed by atoms with Gasteiger partial charge in [-0.3, -0.25) is 4.79 Å². The summed E-state index contributed by atoms with van der Waals surface area (Å²) < 4.78 is 7.47. The second-order valence-corrected chi connectivity index (χ2v) is 7.54. The molecule has 1 aromatic heterocycles. The van der Waals surface area contributed by atoms with E-state index in [1.807, 2.05) is 29.2 Å². The van der Waals surface area contributed by atoms with Gasteiger partial charge >= 0.3 is 0 Å². The SMILES string of the molecule is O=C(c1c(Cl)n(CCCCc2ccccc2)c2ccccc12)N1CCOCC1. The summed E-state index contributed by atoms with van der Waals surface area (Å²) in [7, 11) is 0. The van der Waals surface area contributed by atoms with Gasteiger partial charge in [0.15, 0.2) is 0 Å². The number of rotatable bonds is 6. The first-order valence-electron chi connectivity index (χ1n) is 9.93. The Morgan fingerprint density at radius 2 is 1.68 bits per heavy atom. The molecule has 0 N–H and O–H groups in total. The summed E-state index contributed by atoms with van der Waals surface area (Å²) in [6.07, 6.45) is 3.15. The van der Waals surface area contributed by atoms with E-state index < -0.39 is 0 Å². The third-order valence-corrected chi connectivity index (χ3v) is 5.75. The quantitative estimate of drug-likeness (QED) is 0.561. The van der Waals surface area contributed by atoms with Crippen molar-refractivity contribution >= 4 is 28.4 Å². The summed E-state index contributed by atoms with van der Waals surface area (Å²) in [5.74, 6) is 0.00698. The van der Waals surface area contributed by atoms with E-state index in [2.05, 4.69) is 34.9 Å². The number of ether oxygens (including phenoxy) is 1. The van der Waals surface area contributed by atoms with Gasteiger partial charge in [0.1, 0.15) is 5.15 Å². The second-order valence-electron chi connectivity index (χ2n) is 7.18. The van der Waals surface area contributed by atoms with E-state index in [0.29, 0.717) is 37.0 Å². The van der Waals surface area contributed by atoms with E-state index in [1.165, 1.54) is 5.56 Å². The molecule has 2 aromatic carbocycles. The monoisotopic (exact) mass is 396 g/mol. The van der Waals surface area contributed by atoms with Crippen molar-refractivity contribution in [1.82, 2.24) is 9.47 Å². The van der Waals surface area contributed by atoms with Crippen LogP contribution in [0.4, 0.5) is 0 Å². The number of aromatic nitrogens is 1. The topological polar surface area (TPSA) is 34.5 Å². The molecule has 0 saturated carbocycles. The maximum Gasteiger partial charge on any atom is 0.257 e. The van der Waals surface area contributed by atoms with Gasteiger partial charge < -0.3 is 14.2 Å². The largest absolute Gasteiger partial charge is 0.378 e. The van der Waals surface area contributed by atoms with Crippen molar-refractivity contribution in [3.05, 3.63) is 70.9 Å².